The Morgan fingerprint density at radius 1 is 1.64 bits per heavy atom. The summed E-state index contributed by atoms with van der Waals surface area (Å²) in [6.07, 6.45) is 1.65. The molecule has 0 saturated carbocycles. The molecule has 0 spiro atoms. The molecule has 1 heterocycles. The van der Waals surface area contributed by atoms with Crippen LogP contribution in [0.5, 0.6) is 0 Å². The van der Waals surface area contributed by atoms with Crippen LogP contribution < -0.4 is 5.32 Å². The minimum atomic E-state index is -0.213. The molecule has 2 unspecified atom stereocenters. The standard InChI is InChI=1S/C10H18BrNO2/c1-7(2)8(6-11)12-10(13)9-4-3-5-14-9/h7-9H,3-6H2,1-2H3,(H,12,13). The highest BCUT2D eigenvalue weighted by Gasteiger charge is 2.25. The molecule has 0 aliphatic carbocycles. The number of halogens is 1. The molecule has 1 amide bonds. The summed E-state index contributed by atoms with van der Waals surface area (Å²) in [7, 11) is 0. The van der Waals surface area contributed by atoms with Gasteiger partial charge < -0.3 is 10.1 Å². The maximum Gasteiger partial charge on any atom is 0.249 e. The number of carbonyl (C=O) groups is 1. The van der Waals surface area contributed by atoms with Gasteiger partial charge >= 0.3 is 0 Å². The summed E-state index contributed by atoms with van der Waals surface area (Å²) in [6.45, 7) is 4.92. The zero-order chi connectivity index (χ0) is 10.6. The van der Waals surface area contributed by atoms with Gasteiger partial charge in [0.25, 0.3) is 0 Å². The molecule has 4 heteroatoms. The van der Waals surface area contributed by atoms with Gasteiger partial charge in [-0.3, -0.25) is 4.79 Å². The van der Waals surface area contributed by atoms with E-state index in [1.165, 1.54) is 0 Å². The van der Waals surface area contributed by atoms with E-state index in [1.54, 1.807) is 0 Å². The molecule has 3 nitrogen and oxygen atoms in total. The molecule has 1 N–H and O–H groups in total. The second-order valence-corrected chi connectivity index (χ2v) is 4.66. The first-order chi connectivity index (χ1) is 6.65. The average molecular weight is 264 g/mol. The first-order valence-electron chi connectivity index (χ1n) is 5.13. The highest BCUT2D eigenvalue weighted by Crippen LogP contribution is 2.13. The Balaban J connectivity index is 2.37. The molecule has 1 aliphatic rings. The number of hydrogen-bond donors (Lipinski definition) is 1. The summed E-state index contributed by atoms with van der Waals surface area (Å²) < 4.78 is 5.31. The number of rotatable bonds is 4. The molecule has 1 fully saturated rings. The van der Waals surface area contributed by atoms with Crippen molar-refractivity contribution in [1.82, 2.24) is 5.32 Å². The second kappa shape index (κ2) is 5.71. The van der Waals surface area contributed by atoms with Crippen LogP contribution in [-0.2, 0) is 9.53 Å². The van der Waals surface area contributed by atoms with Crippen molar-refractivity contribution in [2.24, 2.45) is 5.92 Å². The fraction of sp³-hybridized carbons (Fsp3) is 0.900. The smallest absolute Gasteiger partial charge is 0.249 e. The molecular weight excluding hydrogens is 246 g/mol. The maximum atomic E-state index is 11.7. The van der Waals surface area contributed by atoms with Crippen LogP contribution in [0.4, 0.5) is 0 Å². The third-order valence-electron chi connectivity index (χ3n) is 2.52. The molecule has 1 rings (SSSR count). The van der Waals surface area contributed by atoms with Gasteiger partial charge in [-0.2, -0.15) is 0 Å². The van der Waals surface area contributed by atoms with Crippen molar-refractivity contribution in [3.63, 3.8) is 0 Å². The number of carbonyl (C=O) groups excluding carboxylic acids is 1. The Labute approximate surface area is 93.7 Å². The van der Waals surface area contributed by atoms with Gasteiger partial charge in [0.15, 0.2) is 0 Å². The van der Waals surface area contributed by atoms with Crippen molar-refractivity contribution in [3.8, 4) is 0 Å². The zero-order valence-corrected chi connectivity index (χ0v) is 10.3. The fourth-order valence-electron chi connectivity index (χ4n) is 1.44. The molecule has 0 aromatic carbocycles. The average Bonchev–Trinajstić information content (AvgIpc) is 2.65. The molecule has 14 heavy (non-hydrogen) atoms. The van der Waals surface area contributed by atoms with Gasteiger partial charge in [0.05, 0.1) is 0 Å². The number of amides is 1. The van der Waals surface area contributed by atoms with Gasteiger partial charge in [-0.15, -0.1) is 0 Å². The van der Waals surface area contributed by atoms with Crippen molar-refractivity contribution in [2.75, 3.05) is 11.9 Å². The highest BCUT2D eigenvalue weighted by molar-refractivity contribution is 9.09. The predicted molar refractivity (Wildman–Crippen MR) is 59.5 cm³/mol. The lowest BCUT2D eigenvalue weighted by atomic mass is 10.1. The highest BCUT2D eigenvalue weighted by atomic mass is 79.9. The molecule has 0 bridgehead atoms. The van der Waals surface area contributed by atoms with Crippen LogP contribution in [-0.4, -0.2) is 30.0 Å². The van der Waals surface area contributed by atoms with Crippen LogP contribution in [0.2, 0.25) is 0 Å². The van der Waals surface area contributed by atoms with Crippen molar-refractivity contribution in [1.29, 1.82) is 0 Å². The Morgan fingerprint density at radius 2 is 2.36 bits per heavy atom. The van der Waals surface area contributed by atoms with E-state index < -0.39 is 0 Å². The number of nitrogens with one attached hydrogen (secondary N) is 1. The second-order valence-electron chi connectivity index (χ2n) is 4.02. The van der Waals surface area contributed by atoms with E-state index in [0.29, 0.717) is 5.92 Å². The molecule has 0 aromatic heterocycles. The van der Waals surface area contributed by atoms with Gasteiger partial charge in [-0.25, -0.2) is 0 Å². The lowest BCUT2D eigenvalue weighted by molar-refractivity contribution is -0.130. The molecular formula is C10H18BrNO2. The van der Waals surface area contributed by atoms with Crippen molar-refractivity contribution in [3.05, 3.63) is 0 Å². The Bertz CT molecular complexity index is 191. The van der Waals surface area contributed by atoms with E-state index in [4.69, 9.17) is 4.74 Å². The lowest BCUT2D eigenvalue weighted by Crippen LogP contribution is -2.44. The summed E-state index contributed by atoms with van der Waals surface area (Å²) in [6, 6.07) is 0.201. The van der Waals surface area contributed by atoms with Crippen molar-refractivity contribution < 1.29 is 9.53 Å². The number of alkyl halides is 1. The summed E-state index contributed by atoms with van der Waals surface area (Å²) in [5.74, 6) is 0.486. The Kier molecular flexibility index (Phi) is 4.89. The SMILES string of the molecule is CC(C)C(CBr)NC(=O)C1CCCO1. The van der Waals surface area contributed by atoms with Crippen LogP contribution in [0.25, 0.3) is 0 Å². The summed E-state index contributed by atoms with van der Waals surface area (Å²) >= 11 is 3.40. The summed E-state index contributed by atoms with van der Waals surface area (Å²) in [5, 5.41) is 3.79. The Morgan fingerprint density at radius 3 is 2.79 bits per heavy atom. The molecule has 1 saturated heterocycles. The molecule has 0 radical (unpaired) electrons. The van der Waals surface area contributed by atoms with E-state index in [-0.39, 0.29) is 18.1 Å². The van der Waals surface area contributed by atoms with Crippen molar-refractivity contribution in [2.45, 2.75) is 38.8 Å². The normalized spacial score (nSPS) is 23.9. The maximum absolute atomic E-state index is 11.7. The third kappa shape index (κ3) is 3.24. The molecule has 0 aromatic rings. The van der Waals surface area contributed by atoms with E-state index in [1.807, 2.05) is 0 Å². The van der Waals surface area contributed by atoms with Crippen molar-refractivity contribution >= 4 is 21.8 Å². The topological polar surface area (TPSA) is 38.3 Å². The third-order valence-corrected chi connectivity index (χ3v) is 3.22. The van der Waals surface area contributed by atoms with Gasteiger partial charge in [-0.1, -0.05) is 29.8 Å². The predicted octanol–water partition coefficient (Wildman–Crippen LogP) is 1.70. The lowest BCUT2D eigenvalue weighted by Gasteiger charge is -2.21. The zero-order valence-electron chi connectivity index (χ0n) is 8.75. The Hall–Kier alpha value is -0.0900. The quantitative estimate of drug-likeness (QED) is 0.785. The number of ether oxygens (including phenoxy) is 1. The first kappa shape index (κ1) is 12.0. The van der Waals surface area contributed by atoms with E-state index in [9.17, 15) is 4.79 Å². The minimum absolute atomic E-state index is 0.0423. The number of hydrogen-bond acceptors (Lipinski definition) is 2. The van der Waals surface area contributed by atoms with Crippen LogP contribution >= 0.6 is 15.9 Å². The van der Waals surface area contributed by atoms with E-state index in [0.717, 1.165) is 24.8 Å². The van der Waals surface area contributed by atoms with E-state index in [2.05, 4.69) is 35.1 Å². The van der Waals surface area contributed by atoms with Gasteiger partial charge in [0, 0.05) is 18.0 Å². The molecule has 2 atom stereocenters. The fourth-order valence-corrected chi connectivity index (χ4v) is 2.35. The van der Waals surface area contributed by atoms with Gasteiger partial charge in [-0.05, 0) is 18.8 Å². The van der Waals surface area contributed by atoms with Crippen LogP contribution in [0.15, 0.2) is 0 Å². The minimum Gasteiger partial charge on any atom is -0.368 e. The van der Waals surface area contributed by atoms with Gasteiger partial charge in [0.2, 0.25) is 5.91 Å². The van der Waals surface area contributed by atoms with Gasteiger partial charge in [0.1, 0.15) is 6.10 Å². The summed E-state index contributed by atoms with van der Waals surface area (Å²) in [5.41, 5.74) is 0. The molecule has 82 valence electrons. The van der Waals surface area contributed by atoms with Crippen LogP contribution in [0.1, 0.15) is 26.7 Å². The molecule has 1 aliphatic heterocycles. The monoisotopic (exact) mass is 263 g/mol. The van der Waals surface area contributed by atoms with Crippen LogP contribution in [0.3, 0.4) is 0 Å². The first-order valence-corrected chi connectivity index (χ1v) is 6.25. The van der Waals surface area contributed by atoms with Crippen LogP contribution in [0, 0.1) is 5.92 Å². The largest absolute Gasteiger partial charge is 0.368 e. The van der Waals surface area contributed by atoms with E-state index >= 15 is 0 Å². The summed E-state index contributed by atoms with van der Waals surface area (Å²) in [4.78, 5) is 11.7.